The van der Waals surface area contributed by atoms with Crippen LogP contribution in [0.25, 0.3) is 0 Å². The first-order valence-electron chi connectivity index (χ1n) is 5.51. The molecule has 0 fully saturated rings. The van der Waals surface area contributed by atoms with E-state index in [4.69, 9.17) is 0 Å². The lowest BCUT2D eigenvalue weighted by Crippen LogP contribution is -2.30. The van der Waals surface area contributed by atoms with Crippen LogP contribution in [-0.2, 0) is 11.2 Å². The molecule has 1 N–H and O–H groups in total. The number of hydrogen-bond acceptors (Lipinski definition) is 3. The molecule has 88 valence electrons. The molecule has 0 aliphatic carbocycles. The molecule has 1 heterocycles. The molecule has 0 bridgehead atoms. The van der Waals surface area contributed by atoms with Crippen LogP contribution in [0.15, 0.2) is 24.5 Å². The Labute approximate surface area is 96.7 Å². The Morgan fingerprint density at radius 2 is 2.38 bits per heavy atom. The third kappa shape index (κ3) is 4.40. The van der Waals surface area contributed by atoms with E-state index in [2.05, 4.69) is 10.3 Å². The lowest BCUT2D eigenvalue weighted by Gasteiger charge is -2.16. The molecule has 4 heteroatoms. The molecule has 0 atom stereocenters. The van der Waals surface area contributed by atoms with Crippen molar-refractivity contribution in [3.63, 3.8) is 0 Å². The zero-order valence-electron chi connectivity index (χ0n) is 9.94. The summed E-state index contributed by atoms with van der Waals surface area (Å²) in [5, 5.41) is 2.97. The van der Waals surface area contributed by atoms with Gasteiger partial charge in [-0.3, -0.25) is 9.78 Å². The summed E-state index contributed by atoms with van der Waals surface area (Å²) >= 11 is 0. The quantitative estimate of drug-likeness (QED) is 0.769. The Bertz CT molecular complexity index is 313. The van der Waals surface area contributed by atoms with Gasteiger partial charge in [-0.1, -0.05) is 6.07 Å². The highest BCUT2D eigenvalue weighted by molar-refractivity contribution is 5.76. The van der Waals surface area contributed by atoms with Crippen molar-refractivity contribution in [3.8, 4) is 0 Å². The molecule has 1 amide bonds. The molecule has 4 nitrogen and oxygen atoms in total. The average molecular weight is 221 g/mol. The molecule has 1 aromatic rings. The number of pyridine rings is 1. The predicted molar refractivity (Wildman–Crippen MR) is 64.1 cm³/mol. The van der Waals surface area contributed by atoms with Gasteiger partial charge in [0.1, 0.15) is 0 Å². The molecule has 0 aliphatic heterocycles. The second-order valence-corrected chi connectivity index (χ2v) is 3.78. The second kappa shape index (κ2) is 6.95. The maximum atomic E-state index is 11.6. The summed E-state index contributed by atoms with van der Waals surface area (Å²) in [4.78, 5) is 17.4. The van der Waals surface area contributed by atoms with Gasteiger partial charge in [-0.2, -0.15) is 0 Å². The highest BCUT2D eigenvalue weighted by Crippen LogP contribution is 1.99. The molecular weight excluding hydrogens is 202 g/mol. The Morgan fingerprint density at radius 3 is 3.00 bits per heavy atom. The molecule has 16 heavy (non-hydrogen) atoms. The van der Waals surface area contributed by atoms with Crippen molar-refractivity contribution in [2.24, 2.45) is 0 Å². The standard InChI is InChI=1S/C12H19N3O/c1-13-8-5-12(16)15(2)9-6-11-4-3-7-14-10-11/h3-4,7,10,13H,5-6,8-9H2,1-2H3. The molecule has 0 spiro atoms. The highest BCUT2D eigenvalue weighted by Gasteiger charge is 2.07. The van der Waals surface area contributed by atoms with Gasteiger partial charge in [0.05, 0.1) is 0 Å². The maximum Gasteiger partial charge on any atom is 0.223 e. The number of amides is 1. The van der Waals surface area contributed by atoms with Crippen LogP contribution in [0.3, 0.4) is 0 Å². The zero-order chi connectivity index (χ0) is 11.8. The van der Waals surface area contributed by atoms with Crippen LogP contribution in [0.5, 0.6) is 0 Å². The van der Waals surface area contributed by atoms with E-state index < -0.39 is 0 Å². The first-order chi connectivity index (χ1) is 7.74. The Morgan fingerprint density at radius 1 is 1.56 bits per heavy atom. The van der Waals surface area contributed by atoms with Crippen LogP contribution in [0.4, 0.5) is 0 Å². The van der Waals surface area contributed by atoms with Crippen molar-refractivity contribution < 1.29 is 4.79 Å². The molecule has 0 aromatic carbocycles. The number of hydrogen-bond donors (Lipinski definition) is 1. The molecule has 0 saturated heterocycles. The van der Waals surface area contributed by atoms with Gasteiger partial charge in [-0.25, -0.2) is 0 Å². The van der Waals surface area contributed by atoms with E-state index in [1.165, 1.54) is 0 Å². The van der Waals surface area contributed by atoms with E-state index in [1.807, 2.05) is 32.4 Å². The summed E-state index contributed by atoms with van der Waals surface area (Å²) in [6.07, 6.45) is 5.01. The third-order valence-electron chi connectivity index (χ3n) is 2.47. The van der Waals surface area contributed by atoms with E-state index in [0.717, 1.165) is 25.1 Å². The normalized spacial score (nSPS) is 10.1. The second-order valence-electron chi connectivity index (χ2n) is 3.78. The number of rotatable bonds is 6. The molecule has 1 rings (SSSR count). The van der Waals surface area contributed by atoms with Gasteiger partial charge in [0, 0.05) is 39.0 Å². The van der Waals surface area contributed by atoms with Crippen LogP contribution in [0.1, 0.15) is 12.0 Å². The van der Waals surface area contributed by atoms with Crippen LogP contribution in [0, 0.1) is 0 Å². The fourth-order valence-electron chi connectivity index (χ4n) is 1.39. The van der Waals surface area contributed by atoms with E-state index in [1.54, 1.807) is 11.1 Å². The van der Waals surface area contributed by atoms with Crippen LogP contribution in [0.2, 0.25) is 0 Å². The summed E-state index contributed by atoms with van der Waals surface area (Å²) in [5.74, 6) is 0.179. The molecule has 0 saturated carbocycles. The van der Waals surface area contributed by atoms with E-state index in [9.17, 15) is 4.79 Å². The van der Waals surface area contributed by atoms with Gasteiger partial charge in [-0.05, 0) is 25.1 Å². The minimum atomic E-state index is 0.179. The average Bonchev–Trinajstić information content (AvgIpc) is 2.34. The molecule has 1 aromatic heterocycles. The van der Waals surface area contributed by atoms with Crippen molar-refractivity contribution >= 4 is 5.91 Å². The number of carbonyl (C=O) groups is 1. The van der Waals surface area contributed by atoms with Gasteiger partial charge in [-0.15, -0.1) is 0 Å². The van der Waals surface area contributed by atoms with E-state index in [0.29, 0.717) is 6.42 Å². The number of carbonyl (C=O) groups excluding carboxylic acids is 1. The van der Waals surface area contributed by atoms with Crippen LogP contribution in [-0.4, -0.2) is 43.0 Å². The van der Waals surface area contributed by atoms with Crippen molar-refractivity contribution in [1.82, 2.24) is 15.2 Å². The van der Waals surface area contributed by atoms with E-state index >= 15 is 0 Å². The van der Waals surface area contributed by atoms with Gasteiger partial charge >= 0.3 is 0 Å². The number of likely N-dealkylation sites (N-methyl/N-ethyl adjacent to an activating group) is 1. The number of nitrogens with one attached hydrogen (secondary N) is 1. The Kier molecular flexibility index (Phi) is 5.50. The van der Waals surface area contributed by atoms with E-state index in [-0.39, 0.29) is 5.91 Å². The molecule has 0 radical (unpaired) electrons. The summed E-state index contributed by atoms with van der Waals surface area (Å²) < 4.78 is 0. The minimum Gasteiger partial charge on any atom is -0.345 e. The SMILES string of the molecule is CNCCC(=O)N(C)CCc1cccnc1. The smallest absolute Gasteiger partial charge is 0.223 e. The number of aromatic nitrogens is 1. The fourth-order valence-corrected chi connectivity index (χ4v) is 1.39. The third-order valence-corrected chi connectivity index (χ3v) is 2.47. The molecule has 0 unspecified atom stereocenters. The molecular formula is C12H19N3O. The van der Waals surface area contributed by atoms with Crippen molar-refractivity contribution in [2.45, 2.75) is 12.8 Å². The van der Waals surface area contributed by atoms with Gasteiger partial charge in [0.15, 0.2) is 0 Å². The predicted octanol–water partition coefficient (Wildman–Crippen LogP) is 0.692. The molecule has 0 aliphatic rings. The number of nitrogens with zero attached hydrogens (tertiary/aromatic N) is 2. The summed E-state index contributed by atoms with van der Waals surface area (Å²) in [6, 6.07) is 3.94. The van der Waals surface area contributed by atoms with Crippen molar-refractivity contribution in [2.75, 3.05) is 27.2 Å². The first kappa shape index (κ1) is 12.6. The fraction of sp³-hybridized carbons (Fsp3) is 0.500. The zero-order valence-corrected chi connectivity index (χ0v) is 9.94. The van der Waals surface area contributed by atoms with Gasteiger partial charge in [0.25, 0.3) is 0 Å². The van der Waals surface area contributed by atoms with Crippen molar-refractivity contribution in [1.29, 1.82) is 0 Å². The summed E-state index contributed by atoms with van der Waals surface area (Å²) in [6.45, 7) is 1.48. The van der Waals surface area contributed by atoms with Crippen molar-refractivity contribution in [3.05, 3.63) is 30.1 Å². The maximum absolute atomic E-state index is 11.6. The topological polar surface area (TPSA) is 45.2 Å². The van der Waals surface area contributed by atoms with Gasteiger partial charge in [0.2, 0.25) is 5.91 Å². The summed E-state index contributed by atoms with van der Waals surface area (Å²) in [5.41, 5.74) is 1.16. The highest BCUT2D eigenvalue weighted by atomic mass is 16.2. The van der Waals surface area contributed by atoms with Crippen LogP contribution < -0.4 is 5.32 Å². The van der Waals surface area contributed by atoms with Crippen LogP contribution >= 0.6 is 0 Å². The first-order valence-corrected chi connectivity index (χ1v) is 5.51. The van der Waals surface area contributed by atoms with Gasteiger partial charge < -0.3 is 10.2 Å². The largest absolute Gasteiger partial charge is 0.345 e. The minimum absolute atomic E-state index is 0.179. The summed E-state index contributed by atoms with van der Waals surface area (Å²) in [7, 11) is 3.69. The monoisotopic (exact) mass is 221 g/mol. The Balaban J connectivity index is 2.29. The lowest BCUT2D eigenvalue weighted by molar-refractivity contribution is -0.129. The lowest BCUT2D eigenvalue weighted by atomic mass is 10.2. The Hall–Kier alpha value is -1.42.